The van der Waals surface area contributed by atoms with Gasteiger partial charge in [-0.25, -0.2) is 0 Å². The van der Waals surface area contributed by atoms with Gasteiger partial charge in [0.25, 0.3) is 0 Å². The molecular weight excluding hydrogens is 261 g/mol. The topological polar surface area (TPSA) is 30.5 Å². The number of ether oxygens (including phenoxy) is 2. The molecule has 1 aromatic rings. The average Bonchev–Trinajstić information content (AvgIpc) is 2.30. The van der Waals surface area contributed by atoms with Crippen LogP contribution in [0.15, 0.2) is 23.7 Å². The Morgan fingerprint density at radius 3 is 2.59 bits per heavy atom. The zero-order valence-corrected chi connectivity index (χ0v) is 11.4. The molecule has 0 heterocycles. The van der Waals surface area contributed by atoms with Crippen LogP contribution >= 0.6 is 23.2 Å². The first-order chi connectivity index (χ1) is 8.10. The van der Waals surface area contributed by atoms with E-state index in [1.54, 1.807) is 14.2 Å². The third-order valence-electron chi connectivity index (χ3n) is 2.20. The Bertz CT molecular complexity index is 408. The minimum Gasteiger partial charge on any atom is -0.493 e. The Morgan fingerprint density at radius 1 is 1.35 bits per heavy atom. The molecule has 0 atom stereocenters. The van der Waals surface area contributed by atoms with Crippen molar-refractivity contribution in [3.05, 3.63) is 34.3 Å². The van der Waals surface area contributed by atoms with E-state index in [2.05, 4.69) is 11.9 Å². The maximum absolute atomic E-state index is 6.21. The van der Waals surface area contributed by atoms with E-state index in [0.717, 1.165) is 5.56 Å². The second-order valence-electron chi connectivity index (χ2n) is 3.39. The van der Waals surface area contributed by atoms with Crippen molar-refractivity contribution in [3.63, 3.8) is 0 Å². The van der Waals surface area contributed by atoms with Crippen molar-refractivity contribution in [1.29, 1.82) is 0 Å². The highest BCUT2D eigenvalue weighted by molar-refractivity contribution is 6.33. The third kappa shape index (κ3) is 3.80. The summed E-state index contributed by atoms with van der Waals surface area (Å²) in [5.74, 6) is 1.15. The van der Waals surface area contributed by atoms with Crippen molar-refractivity contribution < 1.29 is 9.47 Å². The van der Waals surface area contributed by atoms with Crippen LogP contribution in [0.2, 0.25) is 5.02 Å². The number of benzene rings is 1. The highest BCUT2D eigenvalue weighted by Crippen LogP contribution is 2.37. The minimum atomic E-state index is 0.534. The van der Waals surface area contributed by atoms with E-state index in [1.165, 1.54) is 0 Å². The first kappa shape index (κ1) is 14.2. The Balaban J connectivity index is 2.83. The molecule has 0 aliphatic carbocycles. The second-order valence-corrected chi connectivity index (χ2v) is 4.31. The number of halogens is 2. The van der Waals surface area contributed by atoms with Gasteiger partial charge in [0, 0.05) is 18.1 Å². The molecule has 1 N–H and O–H groups in total. The van der Waals surface area contributed by atoms with Crippen molar-refractivity contribution >= 4 is 23.2 Å². The highest BCUT2D eigenvalue weighted by Gasteiger charge is 2.12. The van der Waals surface area contributed by atoms with Gasteiger partial charge in [-0.3, -0.25) is 0 Å². The summed E-state index contributed by atoms with van der Waals surface area (Å²) >= 11 is 11.9. The first-order valence-corrected chi connectivity index (χ1v) is 5.79. The molecule has 94 valence electrons. The van der Waals surface area contributed by atoms with E-state index in [0.29, 0.717) is 34.6 Å². The van der Waals surface area contributed by atoms with E-state index in [1.807, 2.05) is 12.1 Å². The molecule has 0 bridgehead atoms. The predicted octanol–water partition coefficient (Wildman–Crippen LogP) is 3.20. The number of rotatable bonds is 6. The second kappa shape index (κ2) is 6.74. The van der Waals surface area contributed by atoms with Crippen molar-refractivity contribution in [2.45, 2.75) is 6.54 Å². The largest absolute Gasteiger partial charge is 0.493 e. The first-order valence-electron chi connectivity index (χ1n) is 5.03. The lowest BCUT2D eigenvalue weighted by atomic mass is 10.2. The lowest BCUT2D eigenvalue weighted by molar-refractivity contribution is 0.354. The van der Waals surface area contributed by atoms with Crippen molar-refractivity contribution in [3.8, 4) is 11.5 Å². The fraction of sp³-hybridized carbons (Fsp3) is 0.333. The maximum atomic E-state index is 6.21. The van der Waals surface area contributed by atoms with Gasteiger partial charge >= 0.3 is 0 Å². The Morgan fingerprint density at radius 2 is 2.06 bits per heavy atom. The SMILES string of the molecule is C=C(Cl)CNCc1ccc(OC)c(OC)c1Cl. The van der Waals surface area contributed by atoms with Crippen LogP contribution in [0.1, 0.15) is 5.56 Å². The van der Waals surface area contributed by atoms with Gasteiger partial charge in [-0.1, -0.05) is 35.8 Å². The van der Waals surface area contributed by atoms with Gasteiger partial charge in [0.05, 0.1) is 19.2 Å². The van der Waals surface area contributed by atoms with E-state index in [-0.39, 0.29) is 0 Å². The summed E-state index contributed by atoms with van der Waals surface area (Å²) in [6, 6.07) is 3.70. The summed E-state index contributed by atoms with van der Waals surface area (Å²) in [5, 5.41) is 4.22. The Labute approximate surface area is 111 Å². The summed E-state index contributed by atoms with van der Waals surface area (Å²) in [4.78, 5) is 0. The van der Waals surface area contributed by atoms with Crippen molar-refractivity contribution in [2.75, 3.05) is 20.8 Å². The average molecular weight is 276 g/mol. The lowest BCUT2D eigenvalue weighted by Gasteiger charge is -2.13. The summed E-state index contributed by atoms with van der Waals surface area (Å²) in [7, 11) is 3.13. The Kier molecular flexibility index (Phi) is 5.62. The van der Waals surface area contributed by atoms with Gasteiger partial charge in [0.1, 0.15) is 0 Å². The maximum Gasteiger partial charge on any atom is 0.179 e. The molecule has 3 nitrogen and oxygen atoms in total. The molecule has 0 saturated heterocycles. The van der Waals surface area contributed by atoms with E-state index < -0.39 is 0 Å². The predicted molar refractivity (Wildman–Crippen MR) is 71.3 cm³/mol. The van der Waals surface area contributed by atoms with Crippen LogP contribution in [0.3, 0.4) is 0 Å². The standard InChI is InChI=1S/C12H15Cl2NO2/c1-8(13)6-15-7-9-4-5-10(16-2)12(17-3)11(9)14/h4-5,15H,1,6-7H2,2-3H3. The van der Waals surface area contributed by atoms with Gasteiger partial charge in [0.2, 0.25) is 0 Å². The fourth-order valence-electron chi connectivity index (χ4n) is 1.40. The number of hydrogen-bond donors (Lipinski definition) is 1. The molecular formula is C12H15Cl2NO2. The molecule has 1 rings (SSSR count). The van der Waals surface area contributed by atoms with E-state index in [9.17, 15) is 0 Å². The monoisotopic (exact) mass is 275 g/mol. The van der Waals surface area contributed by atoms with Crippen LogP contribution in [0.4, 0.5) is 0 Å². The highest BCUT2D eigenvalue weighted by atomic mass is 35.5. The van der Waals surface area contributed by atoms with Crippen LogP contribution in [0, 0.1) is 0 Å². The van der Waals surface area contributed by atoms with Crippen LogP contribution in [0.25, 0.3) is 0 Å². The zero-order chi connectivity index (χ0) is 12.8. The van der Waals surface area contributed by atoms with Gasteiger partial charge in [-0.2, -0.15) is 0 Å². The van der Waals surface area contributed by atoms with Gasteiger partial charge in [-0.05, 0) is 11.6 Å². The minimum absolute atomic E-state index is 0.534. The van der Waals surface area contributed by atoms with Crippen LogP contribution in [-0.2, 0) is 6.54 Å². The summed E-state index contributed by atoms with van der Waals surface area (Å²) in [6.07, 6.45) is 0. The molecule has 0 fully saturated rings. The lowest BCUT2D eigenvalue weighted by Crippen LogP contribution is -2.15. The molecule has 0 spiro atoms. The number of hydrogen-bond acceptors (Lipinski definition) is 3. The van der Waals surface area contributed by atoms with Crippen LogP contribution < -0.4 is 14.8 Å². The molecule has 17 heavy (non-hydrogen) atoms. The van der Waals surface area contributed by atoms with Crippen LogP contribution in [-0.4, -0.2) is 20.8 Å². The molecule has 0 amide bonds. The third-order valence-corrected chi connectivity index (χ3v) is 2.75. The molecule has 0 radical (unpaired) electrons. The van der Waals surface area contributed by atoms with Crippen molar-refractivity contribution in [2.24, 2.45) is 0 Å². The number of methoxy groups -OCH3 is 2. The van der Waals surface area contributed by atoms with E-state index in [4.69, 9.17) is 32.7 Å². The molecule has 0 aromatic heterocycles. The summed E-state index contributed by atoms with van der Waals surface area (Å²) in [6.45, 7) is 4.72. The smallest absolute Gasteiger partial charge is 0.179 e. The Hall–Kier alpha value is -0.900. The summed E-state index contributed by atoms with van der Waals surface area (Å²) in [5.41, 5.74) is 0.919. The number of nitrogens with one attached hydrogen (secondary N) is 1. The van der Waals surface area contributed by atoms with Crippen molar-refractivity contribution in [1.82, 2.24) is 5.32 Å². The normalized spacial score (nSPS) is 10.1. The fourth-order valence-corrected chi connectivity index (χ4v) is 1.79. The molecule has 1 aromatic carbocycles. The van der Waals surface area contributed by atoms with Gasteiger partial charge in [0.15, 0.2) is 11.5 Å². The van der Waals surface area contributed by atoms with Gasteiger partial charge in [-0.15, -0.1) is 0 Å². The molecule has 0 aliphatic heterocycles. The quantitative estimate of drug-likeness (QED) is 0.865. The summed E-state index contributed by atoms with van der Waals surface area (Å²) < 4.78 is 10.4. The van der Waals surface area contributed by atoms with Gasteiger partial charge < -0.3 is 14.8 Å². The molecule has 0 aliphatic rings. The zero-order valence-electron chi connectivity index (χ0n) is 9.85. The molecule has 0 unspecified atom stereocenters. The molecule has 0 saturated carbocycles. The van der Waals surface area contributed by atoms with Crippen LogP contribution in [0.5, 0.6) is 11.5 Å². The van der Waals surface area contributed by atoms with E-state index >= 15 is 0 Å². The molecule has 5 heteroatoms.